The van der Waals surface area contributed by atoms with Crippen molar-refractivity contribution in [2.75, 3.05) is 14.2 Å². The number of hydrogen-bond acceptors (Lipinski definition) is 4. The van der Waals surface area contributed by atoms with E-state index < -0.39 is 0 Å². The van der Waals surface area contributed by atoms with Gasteiger partial charge in [-0.05, 0) is 35.9 Å². The Bertz CT molecular complexity index is 790. The summed E-state index contributed by atoms with van der Waals surface area (Å²) in [5.41, 5.74) is 2.91. The fourth-order valence-corrected chi connectivity index (χ4v) is 2.51. The van der Waals surface area contributed by atoms with Crippen LogP contribution in [-0.2, 0) is 16.1 Å². The maximum atomic E-state index is 5.94. The van der Waals surface area contributed by atoms with Gasteiger partial charge in [0, 0.05) is 18.2 Å². The highest BCUT2D eigenvalue weighted by Gasteiger charge is 2.14. The van der Waals surface area contributed by atoms with Crippen molar-refractivity contribution in [3.05, 3.63) is 83.8 Å². The van der Waals surface area contributed by atoms with Crippen LogP contribution >= 0.6 is 0 Å². The van der Waals surface area contributed by atoms with Crippen molar-refractivity contribution in [2.24, 2.45) is 4.99 Å². The summed E-state index contributed by atoms with van der Waals surface area (Å²) < 4.78 is 16.5. The first-order chi connectivity index (χ1) is 12.3. The van der Waals surface area contributed by atoms with Gasteiger partial charge >= 0.3 is 0 Å². The number of methoxy groups -OCH3 is 2. The summed E-state index contributed by atoms with van der Waals surface area (Å²) in [5, 5.41) is 0. The lowest BCUT2D eigenvalue weighted by Gasteiger charge is -2.17. The molecule has 0 N–H and O–H groups in total. The average Bonchev–Trinajstić information content (AvgIpc) is 2.68. The highest BCUT2D eigenvalue weighted by Crippen LogP contribution is 2.24. The van der Waals surface area contributed by atoms with E-state index in [0.29, 0.717) is 18.8 Å². The summed E-state index contributed by atoms with van der Waals surface area (Å²) in [6, 6.07) is 17.7. The summed E-state index contributed by atoms with van der Waals surface area (Å²) in [7, 11) is 3.30. The molecule has 4 nitrogen and oxygen atoms in total. The monoisotopic (exact) mass is 335 g/mol. The Labute approximate surface area is 148 Å². The summed E-state index contributed by atoms with van der Waals surface area (Å²) in [5.74, 6) is 2.26. The fourth-order valence-electron chi connectivity index (χ4n) is 2.51. The molecule has 4 heteroatoms. The van der Waals surface area contributed by atoms with E-state index in [4.69, 9.17) is 14.2 Å². The van der Waals surface area contributed by atoms with E-state index in [1.807, 2.05) is 66.7 Å². The summed E-state index contributed by atoms with van der Waals surface area (Å²) in [6.45, 7) is 0.489. The minimum Gasteiger partial charge on any atom is -0.497 e. The topological polar surface area (TPSA) is 40.0 Å². The molecule has 0 atom stereocenters. The van der Waals surface area contributed by atoms with Gasteiger partial charge in [-0.3, -0.25) is 4.99 Å². The number of nitrogens with zero attached hydrogens (tertiary/aromatic N) is 1. The standard InChI is InChI=1S/C21H21NO3/c1-23-19-11-8-17(9-12-19)22-18-10-13-20(24-2)21(14-18)25-15-16-6-4-3-5-7-16/h3-9,11-14H,10,15H2,1-2H3. The molecule has 0 unspecified atom stereocenters. The molecule has 128 valence electrons. The van der Waals surface area contributed by atoms with Crippen molar-refractivity contribution in [3.63, 3.8) is 0 Å². The van der Waals surface area contributed by atoms with E-state index in [1.165, 1.54) is 0 Å². The van der Waals surface area contributed by atoms with Crippen LogP contribution in [0.25, 0.3) is 0 Å². The van der Waals surface area contributed by atoms with Gasteiger partial charge in [-0.15, -0.1) is 0 Å². The van der Waals surface area contributed by atoms with Crippen LogP contribution < -0.4 is 4.74 Å². The Morgan fingerprint density at radius 3 is 2.32 bits per heavy atom. The highest BCUT2D eigenvalue weighted by atomic mass is 16.5. The molecule has 0 saturated carbocycles. The van der Waals surface area contributed by atoms with Crippen LogP contribution in [0.3, 0.4) is 0 Å². The molecular formula is C21H21NO3. The molecule has 2 aromatic rings. The molecule has 0 fully saturated rings. The Balaban J connectivity index is 1.75. The number of allylic oxidation sites excluding steroid dienone is 2. The van der Waals surface area contributed by atoms with Crippen molar-refractivity contribution in [3.8, 4) is 5.75 Å². The highest BCUT2D eigenvalue weighted by molar-refractivity contribution is 5.99. The molecule has 0 saturated heterocycles. The van der Waals surface area contributed by atoms with Gasteiger partial charge in [0.25, 0.3) is 0 Å². The second kappa shape index (κ2) is 8.20. The van der Waals surface area contributed by atoms with Gasteiger partial charge in [0.2, 0.25) is 0 Å². The average molecular weight is 335 g/mol. The van der Waals surface area contributed by atoms with E-state index in [2.05, 4.69) is 4.99 Å². The first-order valence-electron chi connectivity index (χ1n) is 8.13. The molecule has 0 aliphatic heterocycles. The number of hydrogen-bond donors (Lipinski definition) is 0. The molecule has 0 spiro atoms. The summed E-state index contributed by atoms with van der Waals surface area (Å²) in [4.78, 5) is 4.67. The first kappa shape index (κ1) is 16.8. The molecule has 1 aliphatic rings. The van der Waals surface area contributed by atoms with Gasteiger partial charge in [0.15, 0.2) is 11.5 Å². The molecular weight excluding hydrogens is 314 g/mol. The Hall–Kier alpha value is -3.01. The van der Waals surface area contributed by atoms with Crippen LogP contribution in [0.2, 0.25) is 0 Å². The van der Waals surface area contributed by atoms with E-state index in [9.17, 15) is 0 Å². The van der Waals surface area contributed by atoms with Gasteiger partial charge in [0.05, 0.1) is 19.9 Å². The molecule has 1 aliphatic carbocycles. The van der Waals surface area contributed by atoms with Gasteiger partial charge in [-0.2, -0.15) is 0 Å². The third kappa shape index (κ3) is 4.51. The van der Waals surface area contributed by atoms with Crippen LogP contribution in [0.4, 0.5) is 5.69 Å². The third-order valence-electron chi connectivity index (χ3n) is 3.84. The number of rotatable bonds is 6. The van der Waals surface area contributed by atoms with Gasteiger partial charge in [-0.1, -0.05) is 30.3 Å². The Morgan fingerprint density at radius 2 is 1.64 bits per heavy atom. The third-order valence-corrected chi connectivity index (χ3v) is 3.84. The second-order valence-electron chi connectivity index (χ2n) is 5.56. The largest absolute Gasteiger partial charge is 0.497 e. The van der Waals surface area contributed by atoms with Crippen LogP contribution in [0.5, 0.6) is 5.75 Å². The summed E-state index contributed by atoms with van der Waals surface area (Å²) in [6.07, 6.45) is 4.63. The van der Waals surface area contributed by atoms with Crippen molar-refractivity contribution >= 4 is 11.4 Å². The number of benzene rings is 2. The van der Waals surface area contributed by atoms with Gasteiger partial charge in [0.1, 0.15) is 12.4 Å². The van der Waals surface area contributed by atoms with E-state index >= 15 is 0 Å². The first-order valence-corrected chi connectivity index (χ1v) is 8.13. The quantitative estimate of drug-likeness (QED) is 0.761. The minimum absolute atomic E-state index is 0.489. The molecule has 0 aromatic heterocycles. The molecule has 0 bridgehead atoms. The molecule has 0 heterocycles. The fraction of sp³-hybridized carbons (Fsp3) is 0.190. The number of aliphatic imine (C=N–C) groups is 1. The lowest BCUT2D eigenvalue weighted by molar-refractivity contribution is 0.165. The van der Waals surface area contributed by atoms with Crippen molar-refractivity contribution < 1.29 is 14.2 Å². The van der Waals surface area contributed by atoms with E-state index in [-0.39, 0.29) is 0 Å². The molecule has 3 rings (SSSR count). The zero-order valence-electron chi connectivity index (χ0n) is 14.4. The van der Waals surface area contributed by atoms with Crippen molar-refractivity contribution in [1.29, 1.82) is 0 Å². The Morgan fingerprint density at radius 1 is 0.880 bits per heavy atom. The van der Waals surface area contributed by atoms with Gasteiger partial charge in [-0.25, -0.2) is 0 Å². The van der Waals surface area contributed by atoms with Crippen LogP contribution in [0.1, 0.15) is 12.0 Å². The second-order valence-corrected chi connectivity index (χ2v) is 5.56. The van der Waals surface area contributed by atoms with Crippen molar-refractivity contribution in [1.82, 2.24) is 0 Å². The zero-order valence-corrected chi connectivity index (χ0v) is 14.4. The maximum absolute atomic E-state index is 5.94. The van der Waals surface area contributed by atoms with Crippen LogP contribution in [0.15, 0.2) is 83.3 Å². The maximum Gasteiger partial charge on any atom is 0.163 e. The summed E-state index contributed by atoms with van der Waals surface area (Å²) >= 11 is 0. The zero-order chi connectivity index (χ0) is 17.5. The van der Waals surface area contributed by atoms with E-state index in [0.717, 1.165) is 28.5 Å². The van der Waals surface area contributed by atoms with Crippen molar-refractivity contribution in [2.45, 2.75) is 13.0 Å². The lowest BCUT2D eigenvalue weighted by atomic mass is 10.1. The molecule has 25 heavy (non-hydrogen) atoms. The molecule has 0 amide bonds. The smallest absolute Gasteiger partial charge is 0.163 e. The SMILES string of the molecule is COC1=CCC(=Nc2ccc(OC)cc2)C=C1OCc1ccccc1. The van der Waals surface area contributed by atoms with Gasteiger partial charge < -0.3 is 14.2 Å². The molecule has 2 aromatic carbocycles. The predicted molar refractivity (Wildman–Crippen MR) is 99.1 cm³/mol. The van der Waals surface area contributed by atoms with Crippen LogP contribution in [0, 0.1) is 0 Å². The number of ether oxygens (including phenoxy) is 3. The predicted octanol–water partition coefficient (Wildman–Crippen LogP) is 4.80. The van der Waals surface area contributed by atoms with Crippen LogP contribution in [-0.4, -0.2) is 19.9 Å². The Kier molecular flexibility index (Phi) is 5.52. The molecule has 0 radical (unpaired) electrons. The van der Waals surface area contributed by atoms with E-state index in [1.54, 1.807) is 14.2 Å². The normalized spacial score (nSPS) is 15.4. The lowest BCUT2D eigenvalue weighted by Crippen LogP contribution is -2.08. The minimum atomic E-state index is 0.489.